The van der Waals surface area contributed by atoms with Gasteiger partial charge in [-0.1, -0.05) is 0 Å². The van der Waals surface area contributed by atoms with Crippen LogP contribution in [-0.2, 0) is 28.5 Å². The van der Waals surface area contributed by atoms with Crippen LogP contribution in [0.5, 0.6) is 5.75 Å². The second-order valence-electron chi connectivity index (χ2n) is 6.80. The molecule has 1 aliphatic heterocycles. The van der Waals surface area contributed by atoms with E-state index < -0.39 is 11.9 Å². The fourth-order valence-electron chi connectivity index (χ4n) is 3.45. The van der Waals surface area contributed by atoms with Crippen molar-refractivity contribution in [3.8, 4) is 5.75 Å². The van der Waals surface area contributed by atoms with Gasteiger partial charge in [-0.15, -0.1) is 0 Å². The Balaban J connectivity index is 1.56. The third kappa shape index (κ3) is 5.14. The van der Waals surface area contributed by atoms with Gasteiger partial charge in [-0.3, -0.25) is 4.79 Å². The SMILES string of the molecule is CCOC(=O)COC1CCC2C(=O)C(Oc3ccc(C(=O)OC)cc3)=COC2C1. The topological polar surface area (TPSA) is 97.4 Å². The number of allylic oxidation sites excluding steroid dienone is 1. The van der Waals surface area contributed by atoms with E-state index in [9.17, 15) is 14.4 Å². The third-order valence-electron chi connectivity index (χ3n) is 4.92. The first-order chi connectivity index (χ1) is 14.0. The lowest BCUT2D eigenvalue weighted by Gasteiger charge is -2.36. The first-order valence-electron chi connectivity index (χ1n) is 9.55. The zero-order chi connectivity index (χ0) is 20.8. The van der Waals surface area contributed by atoms with Gasteiger partial charge in [0.15, 0.2) is 0 Å². The van der Waals surface area contributed by atoms with Crippen LogP contribution in [0.2, 0.25) is 0 Å². The van der Waals surface area contributed by atoms with Crippen LogP contribution in [-0.4, -0.2) is 50.3 Å². The summed E-state index contributed by atoms with van der Waals surface area (Å²) in [7, 11) is 1.31. The number of carbonyl (C=O) groups excluding carboxylic acids is 3. The molecule has 0 amide bonds. The number of esters is 2. The predicted octanol–water partition coefficient (Wildman–Crippen LogP) is 2.41. The molecule has 2 aliphatic rings. The molecule has 0 spiro atoms. The fourth-order valence-corrected chi connectivity index (χ4v) is 3.45. The zero-order valence-corrected chi connectivity index (χ0v) is 16.4. The summed E-state index contributed by atoms with van der Waals surface area (Å²) in [6.45, 7) is 1.95. The summed E-state index contributed by atoms with van der Waals surface area (Å²) in [5.74, 6) is -0.732. The lowest BCUT2D eigenvalue weighted by Crippen LogP contribution is -2.42. The van der Waals surface area contributed by atoms with E-state index >= 15 is 0 Å². The van der Waals surface area contributed by atoms with Gasteiger partial charge in [0.05, 0.1) is 31.3 Å². The van der Waals surface area contributed by atoms with Gasteiger partial charge in [-0.2, -0.15) is 0 Å². The predicted molar refractivity (Wildman–Crippen MR) is 100 cm³/mol. The van der Waals surface area contributed by atoms with E-state index in [0.717, 1.165) is 0 Å². The van der Waals surface area contributed by atoms with Crippen LogP contribution in [0.25, 0.3) is 0 Å². The monoisotopic (exact) mass is 404 g/mol. The number of ketones is 1. The van der Waals surface area contributed by atoms with E-state index in [4.69, 9.17) is 18.9 Å². The van der Waals surface area contributed by atoms with Gasteiger partial charge in [0, 0.05) is 6.42 Å². The Morgan fingerprint density at radius 2 is 1.93 bits per heavy atom. The minimum atomic E-state index is -0.447. The molecule has 3 atom stereocenters. The molecule has 8 heteroatoms. The van der Waals surface area contributed by atoms with Crippen molar-refractivity contribution in [2.45, 2.75) is 38.4 Å². The number of Topliss-reactive ketones (excluding diaryl/α,β-unsaturated/α-hetero) is 1. The van der Waals surface area contributed by atoms with Gasteiger partial charge in [-0.25, -0.2) is 9.59 Å². The summed E-state index contributed by atoms with van der Waals surface area (Å²) in [6, 6.07) is 6.30. The van der Waals surface area contributed by atoms with E-state index in [1.54, 1.807) is 31.2 Å². The van der Waals surface area contributed by atoms with Crippen molar-refractivity contribution in [2.24, 2.45) is 5.92 Å². The van der Waals surface area contributed by atoms with Gasteiger partial charge in [-0.05, 0) is 44.0 Å². The minimum absolute atomic E-state index is 0.102. The molecule has 1 aromatic carbocycles. The van der Waals surface area contributed by atoms with Crippen LogP contribution < -0.4 is 4.74 Å². The van der Waals surface area contributed by atoms with Crippen molar-refractivity contribution < 1.29 is 38.1 Å². The van der Waals surface area contributed by atoms with E-state index in [1.165, 1.54) is 13.4 Å². The number of methoxy groups -OCH3 is 1. The molecule has 0 saturated heterocycles. The molecule has 1 saturated carbocycles. The van der Waals surface area contributed by atoms with Gasteiger partial charge in [0.2, 0.25) is 11.5 Å². The molecule has 1 aliphatic carbocycles. The molecule has 1 aromatic rings. The Morgan fingerprint density at radius 3 is 2.62 bits per heavy atom. The number of benzene rings is 1. The molecule has 0 bridgehead atoms. The van der Waals surface area contributed by atoms with Gasteiger partial charge < -0.3 is 23.7 Å². The second-order valence-corrected chi connectivity index (χ2v) is 6.80. The minimum Gasteiger partial charge on any atom is -0.493 e. The average Bonchev–Trinajstić information content (AvgIpc) is 2.74. The van der Waals surface area contributed by atoms with E-state index in [1.807, 2.05) is 0 Å². The lowest BCUT2D eigenvalue weighted by molar-refractivity contribution is -0.154. The highest BCUT2D eigenvalue weighted by Crippen LogP contribution is 2.35. The summed E-state index contributed by atoms with van der Waals surface area (Å²) in [5.41, 5.74) is 0.390. The number of rotatable bonds is 7. The Bertz CT molecular complexity index is 782. The van der Waals surface area contributed by atoms with Crippen LogP contribution in [0, 0.1) is 5.92 Å². The molecular formula is C21H24O8. The maximum Gasteiger partial charge on any atom is 0.337 e. The zero-order valence-electron chi connectivity index (χ0n) is 16.4. The fraction of sp³-hybridized carbons (Fsp3) is 0.476. The number of hydrogen-bond acceptors (Lipinski definition) is 8. The molecular weight excluding hydrogens is 380 g/mol. The maximum atomic E-state index is 12.8. The summed E-state index contributed by atoms with van der Waals surface area (Å²) >= 11 is 0. The molecule has 0 N–H and O–H groups in total. The quantitative estimate of drug-likeness (QED) is 0.639. The van der Waals surface area contributed by atoms with E-state index in [-0.39, 0.29) is 36.3 Å². The van der Waals surface area contributed by atoms with Crippen LogP contribution in [0.15, 0.2) is 36.3 Å². The number of carbonyl (C=O) groups is 3. The van der Waals surface area contributed by atoms with Crippen molar-refractivity contribution in [1.29, 1.82) is 0 Å². The lowest BCUT2D eigenvalue weighted by atomic mass is 9.80. The highest BCUT2D eigenvalue weighted by Gasteiger charge is 2.41. The summed E-state index contributed by atoms with van der Waals surface area (Å²) in [6.07, 6.45) is 2.61. The average molecular weight is 404 g/mol. The number of ether oxygens (including phenoxy) is 5. The van der Waals surface area contributed by atoms with Gasteiger partial charge in [0.25, 0.3) is 0 Å². The van der Waals surface area contributed by atoms with Crippen molar-refractivity contribution >= 4 is 17.7 Å². The molecule has 0 aromatic heterocycles. The molecule has 3 rings (SSSR count). The highest BCUT2D eigenvalue weighted by molar-refractivity contribution is 5.96. The largest absolute Gasteiger partial charge is 0.493 e. The van der Waals surface area contributed by atoms with Crippen molar-refractivity contribution in [1.82, 2.24) is 0 Å². The summed E-state index contributed by atoms with van der Waals surface area (Å²) in [5, 5.41) is 0. The summed E-state index contributed by atoms with van der Waals surface area (Å²) in [4.78, 5) is 35.7. The van der Waals surface area contributed by atoms with Gasteiger partial charge >= 0.3 is 11.9 Å². The molecule has 1 heterocycles. The van der Waals surface area contributed by atoms with Crippen LogP contribution in [0.4, 0.5) is 0 Å². The van der Waals surface area contributed by atoms with Crippen LogP contribution in [0.3, 0.4) is 0 Å². The highest BCUT2D eigenvalue weighted by atomic mass is 16.6. The standard InChI is InChI=1S/C21H24O8/c1-3-26-19(22)12-27-15-8-9-16-17(10-15)28-11-18(20(16)23)29-14-6-4-13(5-7-14)21(24)25-2/h4-7,11,15-17H,3,8-10,12H2,1-2H3. The molecule has 0 radical (unpaired) electrons. The Kier molecular flexibility index (Phi) is 6.87. The molecule has 3 unspecified atom stereocenters. The Labute approximate surface area is 168 Å². The normalized spacial score (nSPS) is 23.3. The molecule has 8 nitrogen and oxygen atoms in total. The molecule has 1 fully saturated rings. The first kappa shape index (κ1) is 20.9. The summed E-state index contributed by atoms with van der Waals surface area (Å²) < 4.78 is 26.5. The number of fused-ring (bicyclic) bond motifs is 1. The van der Waals surface area contributed by atoms with Crippen molar-refractivity contribution in [2.75, 3.05) is 20.3 Å². The molecule has 156 valence electrons. The van der Waals surface area contributed by atoms with Gasteiger partial charge in [0.1, 0.15) is 24.7 Å². The van der Waals surface area contributed by atoms with Crippen molar-refractivity contribution in [3.63, 3.8) is 0 Å². The Morgan fingerprint density at radius 1 is 1.17 bits per heavy atom. The third-order valence-corrected chi connectivity index (χ3v) is 4.92. The smallest absolute Gasteiger partial charge is 0.337 e. The van der Waals surface area contributed by atoms with Crippen LogP contribution in [0.1, 0.15) is 36.5 Å². The second kappa shape index (κ2) is 9.56. The Hall–Kier alpha value is -2.87. The van der Waals surface area contributed by atoms with E-state index in [0.29, 0.717) is 37.2 Å². The van der Waals surface area contributed by atoms with E-state index in [2.05, 4.69) is 4.74 Å². The maximum absolute atomic E-state index is 12.8. The first-order valence-corrected chi connectivity index (χ1v) is 9.55. The van der Waals surface area contributed by atoms with Crippen LogP contribution >= 0.6 is 0 Å². The number of hydrogen-bond donors (Lipinski definition) is 0. The molecule has 29 heavy (non-hydrogen) atoms. The van der Waals surface area contributed by atoms with Crippen molar-refractivity contribution in [3.05, 3.63) is 41.9 Å².